The zero-order chi connectivity index (χ0) is 12.5. The van der Waals surface area contributed by atoms with Gasteiger partial charge in [-0.15, -0.1) is 0 Å². The number of hydrogen-bond acceptors (Lipinski definition) is 1. The van der Waals surface area contributed by atoms with Crippen LogP contribution in [0.1, 0.15) is 11.1 Å². The fourth-order valence-corrected chi connectivity index (χ4v) is 2.03. The van der Waals surface area contributed by atoms with Gasteiger partial charge in [-0.1, -0.05) is 35.9 Å². The quantitative estimate of drug-likeness (QED) is 0.837. The normalized spacial score (nSPS) is 28.0. The molecule has 0 radical (unpaired) electrons. The summed E-state index contributed by atoms with van der Waals surface area (Å²) < 4.78 is 27.7. The molecule has 0 saturated carbocycles. The molecule has 0 fully saturated rings. The van der Waals surface area contributed by atoms with Crippen LogP contribution in [0.15, 0.2) is 48.3 Å². The molecule has 0 heterocycles. The lowest BCUT2D eigenvalue weighted by atomic mass is 9.86. The van der Waals surface area contributed by atoms with Crippen LogP contribution in [-0.2, 0) is 6.42 Å². The van der Waals surface area contributed by atoms with Gasteiger partial charge in [0.05, 0.1) is 6.04 Å². The molecule has 3 heteroatoms. The lowest BCUT2D eigenvalue weighted by molar-refractivity contribution is 0.200. The average Bonchev–Trinajstić information content (AvgIpc) is 2.24. The SMILES string of the molecule is Cc1cccc(CC2(F)C=C(F)C=CC2N)c1. The monoisotopic (exact) mass is 235 g/mol. The Balaban J connectivity index is 2.25. The van der Waals surface area contributed by atoms with E-state index in [1.165, 1.54) is 12.2 Å². The average molecular weight is 235 g/mol. The standard InChI is InChI=1S/C14H15F2N/c1-10-3-2-4-11(7-10)8-14(16)9-12(15)5-6-13(14)17/h2-7,9,13H,8,17H2,1H3. The molecular weight excluding hydrogens is 220 g/mol. The Hall–Kier alpha value is -1.48. The summed E-state index contributed by atoms with van der Waals surface area (Å²) in [7, 11) is 0. The Morgan fingerprint density at radius 3 is 2.88 bits per heavy atom. The van der Waals surface area contributed by atoms with Gasteiger partial charge in [0.25, 0.3) is 0 Å². The van der Waals surface area contributed by atoms with E-state index in [-0.39, 0.29) is 6.42 Å². The number of benzene rings is 1. The molecule has 2 rings (SSSR count). The molecule has 2 atom stereocenters. The smallest absolute Gasteiger partial charge is 0.154 e. The molecule has 0 bridgehead atoms. The van der Waals surface area contributed by atoms with Crippen molar-refractivity contribution in [2.75, 3.05) is 0 Å². The summed E-state index contributed by atoms with van der Waals surface area (Å²) in [5.74, 6) is -0.568. The fraction of sp³-hybridized carbons (Fsp3) is 0.286. The number of nitrogens with two attached hydrogens (primary N) is 1. The third kappa shape index (κ3) is 2.61. The van der Waals surface area contributed by atoms with Gasteiger partial charge in [-0.2, -0.15) is 0 Å². The lowest BCUT2D eigenvalue weighted by Gasteiger charge is -2.29. The van der Waals surface area contributed by atoms with E-state index >= 15 is 0 Å². The topological polar surface area (TPSA) is 26.0 Å². The van der Waals surface area contributed by atoms with E-state index in [2.05, 4.69) is 0 Å². The molecule has 2 unspecified atom stereocenters. The van der Waals surface area contributed by atoms with Crippen LogP contribution in [0, 0.1) is 6.92 Å². The van der Waals surface area contributed by atoms with Gasteiger partial charge in [-0.05, 0) is 24.6 Å². The molecule has 0 amide bonds. The molecule has 0 aliphatic heterocycles. The number of hydrogen-bond donors (Lipinski definition) is 1. The maximum atomic E-state index is 14.5. The number of rotatable bonds is 2. The van der Waals surface area contributed by atoms with E-state index in [9.17, 15) is 8.78 Å². The molecule has 1 aromatic rings. The minimum atomic E-state index is -1.84. The molecule has 90 valence electrons. The van der Waals surface area contributed by atoms with Crippen LogP contribution in [-0.4, -0.2) is 11.7 Å². The molecule has 0 spiro atoms. The summed E-state index contributed by atoms with van der Waals surface area (Å²) in [6, 6.07) is 6.70. The lowest BCUT2D eigenvalue weighted by Crippen LogP contribution is -2.44. The van der Waals surface area contributed by atoms with Gasteiger partial charge in [-0.3, -0.25) is 0 Å². The minimum Gasteiger partial charge on any atom is -0.322 e. The van der Waals surface area contributed by atoms with Crippen LogP contribution in [0.5, 0.6) is 0 Å². The van der Waals surface area contributed by atoms with Crippen molar-refractivity contribution < 1.29 is 8.78 Å². The highest BCUT2D eigenvalue weighted by Crippen LogP contribution is 2.29. The van der Waals surface area contributed by atoms with Gasteiger partial charge in [0.2, 0.25) is 0 Å². The Morgan fingerprint density at radius 1 is 1.41 bits per heavy atom. The first-order valence-corrected chi connectivity index (χ1v) is 5.56. The summed E-state index contributed by atoms with van der Waals surface area (Å²) in [6.45, 7) is 1.94. The van der Waals surface area contributed by atoms with E-state index in [0.29, 0.717) is 0 Å². The Bertz CT molecular complexity index is 479. The molecule has 17 heavy (non-hydrogen) atoms. The first-order valence-electron chi connectivity index (χ1n) is 5.56. The predicted octanol–water partition coefficient (Wildman–Crippen LogP) is 3.00. The maximum absolute atomic E-state index is 14.5. The number of allylic oxidation sites excluding steroid dienone is 2. The number of alkyl halides is 1. The highest BCUT2D eigenvalue weighted by atomic mass is 19.1. The summed E-state index contributed by atoms with van der Waals surface area (Å²) in [4.78, 5) is 0. The van der Waals surface area contributed by atoms with E-state index < -0.39 is 17.5 Å². The van der Waals surface area contributed by atoms with Crippen molar-refractivity contribution in [3.05, 3.63) is 59.4 Å². The largest absolute Gasteiger partial charge is 0.322 e. The van der Waals surface area contributed by atoms with Crippen molar-refractivity contribution >= 4 is 0 Å². The second-order valence-corrected chi connectivity index (χ2v) is 4.51. The van der Waals surface area contributed by atoms with Crippen LogP contribution in [0.2, 0.25) is 0 Å². The van der Waals surface area contributed by atoms with Crippen molar-refractivity contribution in [2.45, 2.75) is 25.1 Å². The zero-order valence-corrected chi connectivity index (χ0v) is 9.66. The molecule has 1 nitrogen and oxygen atoms in total. The Morgan fingerprint density at radius 2 is 2.18 bits per heavy atom. The van der Waals surface area contributed by atoms with Crippen LogP contribution >= 0.6 is 0 Å². The van der Waals surface area contributed by atoms with Crippen LogP contribution in [0.25, 0.3) is 0 Å². The van der Waals surface area contributed by atoms with Crippen LogP contribution < -0.4 is 5.73 Å². The summed E-state index contributed by atoms with van der Waals surface area (Å²) in [6.07, 6.45) is 3.64. The van der Waals surface area contributed by atoms with E-state index in [1.54, 1.807) is 0 Å². The van der Waals surface area contributed by atoms with Crippen LogP contribution in [0.3, 0.4) is 0 Å². The predicted molar refractivity (Wildman–Crippen MR) is 65.0 cm³/mol. The third-order valence-corrected chi connectivity index (χ3v) is 2.95. The zero-order valence-electron chi connectivity index (χ0n) is 9.66. The highest BCUT2D eigenvalue weighted by Gasteiger charge is 2.36. The van der Waals surface area contributed by atoms with Gasteiger partial charge < -0.3 is 5.73 Å². The summed E-state index contributed by atoms with van der Waals surface area (Å²) in [5, 5.41) is 0. The van der Waals surface area contributed by atoms with E-state index in [1.807, 2.05) is 31.2 Å². The van der Waals surface area contributed by atoms with Crippen molar-refractivity contribution in [3.8, 4) is 0 Å². The van der Waals surface area contributed by atoms with Gasteiger partial charge in [-0.25, -0.2) is 8.78 Å². The second kappa shape index (κ2) is 4.41. The Labute approximate surface area is 99.6 Å². The van der Waals surface area contributed by atoms with Crippen molar-refractivity contribution in [2.24, 2.45) is 5.73 Å². The number of halogens is 2. The fourth-order valence-electron chi connectivity index (χ4n) is 2.03. The van der Waals surface area contributed by atoms with E-state index in [4.69, 9.17) is 5.73 Å². The molecule has 1 aromatic carbocycles. The van der Waals surface area contributed by atoms with Gasteiger partial charge >= 0.3 is 0 Å². The molecule has 2 N–H and O–H groups in total. The first-order chi connectivity index (χ1) is 7.99. The minimum absolute atomic E-state index is 0.0909. The van der Waals surface area contributed by atoms with Gasteiger partial charge in [0.1, 0.15) is 5.83 Å². The molecule has 1 aliphatic rings. The Kier molecular flexibility index (Phi) is 3.11. The summed E-state index contributed by atoms with van der Waals surface area (Å²) >= 11 is 0. The molecule has 0 saturated heterocycles. The summed E-state index contributed by atoms with van der Waals surface area (Å²) in [5.41, 5.74) is 5.72. The number of aryl methyl sites for hydroxylation is 1. The highest BCUT2D eigenvalue weighted by molar-refractivity contribution is 5.33. The molecule has 1 aliphatic carbocycles. The second-order valence-electron chi connectivity index (χ2n) is 4.51. The van der Waals surface area contributed by atoms with Gasteiger partial charge in [0.15, 0.2) is 5.67 Å². The van der Waals surface area contributed by atoms with Crippen molar-refractivity contribution in [3.63, 3.8) is 0 Å². The molecule has 0 aromatic heterocycles. The van der Waals surface area contributed by atoms with Crippen LogP contribution in [0.4, 0.5) is 8.78 Å². The van der Waals surface area contributed by atoms with Crippen molar-refractivity contribution in [1.82, 2.24) is 0 Å². The van der Waals surface area contributed by atoms with Crippen molar-refractivity contribution in [1.29, 1.82) is 0 Å². The third-order valence-electron chi connectivity index (χ3n) is 2.95. The van der Waals surface area contributed by atoms with E-state index in [0.717, 1.165) is 17.2 Å². The maximum Gasteiger partial charge on any atom is 0.154 e. The van der Waals surface area contributed by atoms with Gasteiger partial charge in [0, 0.05) is 6.42 Å². The first kappa shape index (κ1) is 12.0. The molecular formula is C14H15F2N.